The van der Waals surface area contributed by atoms with Gasteiger partial charge in [-0.1, -0.05) is 147 Å². The van der Waals surface area contributed by atoms with E-state index >= 15 is 0 Å². The van der Waals surface area contributed by atoms with Crippen molar-refractivity contribution in [1.29, 1.82) is 0 Å². The standard InChI is InChI=1S/2C22H25.2CH3.2ClH.Si.Zr/c1-15(2)18-13-17-7-6-8-20(21(17)14-18)16-9-11-19(12-10-16)22(3,4)5;1-6-16-13-18-11-15(2)12-20(18)21(14-16)17-7-9-19(10-8-17)22(3,4)5;;;;;;/h6-15H,1-5H3;7-14H,6H2,1-5H3;2*1H3;2*1H;;/q4*-1;;;;. The van der Waals surface area contributed by atoms with Crippen LogP contribution in [0.2, 0.25) is 0 Å². The van der Waals surface area contributed by atoms with Gasteiger partial charge < -0.3 is 14.9 Å². The second kappa shape index (κ2) is 20.1. The maximum absolute atomic E-state index is 3.06. The Hall–Kier alpha value is -2.22. The number of benzene rings is 4. The summed E-state index contributed by atoms with van der Waals surface area (Å²) >= 11 is 1.36. The summed E-state index contributed by atoms with van der Waals surface area (Å²) in [5.41, 5.74) is 12.7. The summed E-state index contributed by atoms with van der Waals surface area (Å²) in [7, 11) is 0. The Kier molecular flexibility index (Phi) is 19.2. The van der Waals surface area contributed by atoms with E-state index in [0.29, 0.717) is 5.92 Å². The van der Waals surface area contributed by atoms with Crippen molar-refractivity contribution in [1.82, 2.24) is 0 Å². The topological polar surface area (TPSA) is 0 Å². The molecular weight excluding hydrogens is 743 g/mol. The zero-order valence-corrected chi connectivity index (χ0v) is 37.5. The summed E-state index contributed by atoms with van der Waals surface area (Å²) in [6, 6.07) is 38.7. The van der Waals surface area contributed by atoms with E-state index in [4.69, 9.17) is 0 Å². The van der Waals surface area contributed by atoms with E-state index in [0.717, 1.165) is 6.42 Å². The molecule has 6 aromatic rings. The number of fused-ring (bicyclic) bond motifs is 2. The van der Waals surface area contributed by atoms with Crippen molar-refractivity contribution in [3.63, 3.8) is 0 Å². The summed E-state index contributed by atoms with van der Waals surface area (Å²) in [5.74, 6) is 0.573. The average molecular weight is 801 g/mol. The molecule has 6 aromatic carbocycles. The molecule has 0 aliphatic carbocycles. The molecule has 0 unspecified atom stereocenters. The monoisotopic (exact) mass is 798 g/mol. The minimum absolute atomic E-state index is 0. The van der Waals surface area contributed by atoms with Crippen LogP contribution in [-0.2, 0) is 40.6 Å². The van der Waals surface area contributed by atoms with E-state index in [2.05, 4.69) is 179 Å². The van der Waals surface area contributed by atoms with E-state index in [1.807, 2.05) is 0 Å². The number of hydrogen-bond acceptors (Lipinski definition) is 0. The molecule has 0 spiro atoms. The Morgan fingerprint density at radius 2 is 1.10 bits per heavy atom. The van der Waals surface area contributed by atoms with Gasteiger partial charge >= 0.3 is 30.2 Å². The molecule has 0 saturated carbocycles. The van der Waals surface area contributed by atoms with Crippen LogP contribution in [0.25, 0.3) is 43.8 Å². The van der Waals surface area contributed by atoms with Crippen LogP contribution >= 0.6 is 24.8 Å². The Morgan fingerprint density at radius 1 is 0.620 bits per heavy atom. The van der Waals surface area contributed by atoms with Crippen molar-refractivity contribution in [2.75, 3.05) is 0 Å². The van der Waals surface area contributed by atoms with Crippen molar-refractivity contribution in [3.8, 4) is 22.3 Å². The SMILES string of the molecule is CC(C)c1cc2c(-c3ccc(C(C)(C)C)cc3)cccc2[cH-]1.CCc1cc(-c2ccc(C(C)(C)C)cc2)c2cc(C)[cH-]c2c1.Cl.Cl.[CH3-].[CH3-].[Si]=[Zr]. The van der Waals surface area contributed by atoms with Crippen LogP contribution in [0.15, 0.2) is 103 Å². The van der Waals surface area contributed by atoms with E-state index < -0.39 is 0 Å². The van der Waals surface area contributed by atoms with Crippen molar-refractivity contribution in [2.45, 2.75) is 92.4 Å². The van der Waals surface area contributed by atoms with Gasteiger partial charge in [-0.25, -0.2) is 0 Å². The van der Waals surface area contributed by atoms with Gasteiger partial charge in [0.25, 0.3) is 0 Å². The molecule has 50 heavy (non-hydrogen) atoms. The first-order chi connectivity index (χ1) is 21.7. The Bertz CT molecular complexity index is 1890. The molecule has 0 heterocycles. The minimum atomic E-state index is 0. The molecule has 0 aliphatic rings. The molecule has 0 fully saturated rings. The molecule has 0 N–H and O–H groups in total. The Morgan fingerprint density at radius 3 is 1.56 bits per heavy atom. The predicted octanol–water partition coefficient (Wildman–Crippen LogP) is 14.4. The quantitative estimate of drug-likeness (QED) is 0.123. The second-order valence-corrected chi connectivity index (χ2v) is 14.9. The van der Waals surface area contributed by atoms with Gasteiger partial charge in [-0.05, 0) is 45.4 Å². The van der Waals surface area contributed by atoms with Crippen LogP contribution in [0, 0.1) is 21.8 Å². The van der Waals surface area contributed by atoms with Gasteiger partial charge in [-0.3, -0.25) is 0 Å². The predicted molar refractivity (Wildman–Crippen MR) is 229 cm³/mol. The van der Waals surface area contributed by atoms with E-state index in [-0.39, 0.29) is 50.5 Å². The summed E-state index contributed by atoms with van der Waals surface area (Å²) in [6.07, 6.45) is 1.08. The summed E-state index contributed by atoms with van der Waals surface area (Å²) in [4.78, 5) is 0. The fourth-order valence-corrected chi connectivity index (χ4v) is 6.12. The first kappa shape index (κ1) is 47.8. The molecule has 0 bridgehead atoms. The first-order valence-electron chi connectivity index (χ1n) is 16.6. The fourth-order valence-electron chi connectivity index (χ4n) is 6.12. The van der Waals surface area contributed by atoms with Crippen LogP contribution in [0.4, 0.5) is 0 Å². The van der Waals surface area contributed by atoms with Crippen molar-refractivity contribution >= 4 is 53.2 Å². The van der Waals surface area contributed by atoms with Gasteiger partial charge in [-0.2, -0.15) is 12.1 Å². The van der Waals surface area contributed by atoms with Gasteiger partial charge in [0.2, 0.25) is 0 Å². The summed E-state index contributed by atoms with van der Waals surface area (Å²) in [5, 5.41) is 5.46. The molecule has 0 aromatic heterocycles. The third-order valence-corrected chi connectivity index (χ3v) is 9.00. The number of halogens is 2. The zero-order valence-electron chi connectivity index (χ0n) is 32.4. The number of hydrogen-bond donors (Lipinski definition) is 0. The number of aryl methyl sites for hydroxylation is 2. The fraction of sp³-hybridized carbons (Fsp3) is 0.304. The van der Waals surface area contributed by atoms with Gasteiger partial charge in [0.15, 0.2) is 0 Å². The molecule has 0 atom stereocenters. The first-order valence-corrected chi connectivity index (χ1v) is 20.8. The van der Waals surface area contributed by atoms with Crippen LogP contribution in [-0.4, -0.2) is 6.88 Å². The van der Waals surface area contributed by atoms with Gasteiger partial charge in [0.1, 0.15) is 0 Å². The third kappa shape index (κ3) is 11.4. The van der Waals surface area contributed by atoms with Crippen molar-refractivity contribution < 1.29 is 23.3 Å². The molecule has 0 saturated heterocycles. The molecule has 0 aliphatic heterocycles. The maximum atomic E-state index is 3.06. The zero-order chi connectivity index (χ0) is 33.8. The molecule has 4 heteroatoms. The van der Waals surface area contributed by atoms with E-state index in [9.17, 15) is 0 Å². The average Bonchev–Trinajstić information content (AvgIpc) is 3.64. The van der Waals surface area contributed by atoms with Gasteiger partial charge in [0, 0.05) is 0 Å². The molecule has 2 radical (unpaired) electrons. The van der Waals surface area contributed by atoms with Crippen LogP contribution in [0.5, 0.6) is 0 Å². The normalized spacial score (nSPS) is 10.8. The second-order valence-electron chi connectivity index (χ2n) is 14.9. The molecule has 268 valence electrons. The van der Waals surface area contributed by atoms with Crippen LogP contribution in [0.1, 0.15) is 96.0 Å². The molecule has 6 rings (SSSR count). The molecular formula is C46H58Cl2SiZr-4. The van der Waals surface area contributed by atoms with E-state index in [1.54, 1.807) is 0 Å². The van der Waals surface area contributed by atoms with Gasteiger partial charge in [-0.15, -0.1) is 87.8 Å². The van der Waals surface area contributed by atoms with Crippen molar-refractivity contribution in [3.05, 3.63) is 146 Å². The van der Waals surface area contributed by atoms with Crippen molar-refractivity contribution in [2.24, 2.45) is 0 Å². The van der Waals surface area contributed by atoms with Crippen LogP contribution in [0.3, 0.4) is 0 Å². The molecule has 0 nitrogen and oxygen atoms in total. The Labute approximate surface area is 334 Å². The Balaban J connectivity index is 0.000000850. The van der Waals surface area contributed by atoms with E-state index in [1.165, 1.54) is 95.0 Å². The third-order valence-electron chi connectivity index (χ3n) is 9.00. The van der Waals surface area contributed by atoms with Gasteiger partial charge in [0.05, 0.1) is 0 Å². The van der Waals surface area contributed by atoms with Crippen LogP contribution < -0.4 is 0 Å². The summed E-state index contributed by atoms with van der Waals surface area (Å²) in [6.45, 7) is 25.5. The number of rotatable bonds is 4. The summed E-state index contributed by atoms with van der Waals surface area (Å²) < 4.78 is 0. The molecule has 0 amide bonds.